The molecule has 0 aliphatic carbocycles. The zero-order chi connectivity index (χ0) is 20.3. The summed E-state index contributed by atoms with van der Waals surface area (Å²) in [6, 6.07) is 11.0. The summed E-state index contributed by atoms with van der Waals surface area (Å²) in [6.45, 7) is 6.94. The zero-order valence-electron chi connectivity index (χ0n) is 17.0. The van der Waals surface area contributed by atoms with Gasteiger partial charge in [-0.25, -0.2) is 8.42 Å². The molecule has 158 valence electrons. The highest BCUT2D eigenvalue weighted by molar-refractivity contribution is 7.89. The highest BCUT2D eigenvalue weighted by atomic mass is 32.2. The van der Waals surface area contributed by atoms with Gasteiger partial charge in [0.1, 0.15) is 5.75 Å². The third-order valence-electron chi connectivity index (χ3n) is 5.80. The number of ether oxygens (including phenoxy) is 2. The molecule has 2 aliphatic heterocycles. The van der Waals surface area contributed by atoms with Crippen LogP contribution in [0.25, 0.3) is 10.8 Å². The van der Waals surface area contributed by atoms with Crippen molar-refractivity contribution in [3.63, 3.8) is 0 Å². The van der Waals surface area contributed by atoms with Gasteiger partial charge >= 0.3 is 0 Å². The van der Waals surface area contributed by atoms with Crippen molar-refractivity contribution in [3.8, 4) is 5.75 Å². The molecule has 2 saturated heterocycles. The largest absolute Gasteiger partial charge is 0.493 e. The number of benzene rings is 2. The van der Waals surface area contributed by atoms with Gasteiger partial charge in [0.2, 0.25) is 10.0 Å². The Bertz CT molecular complexity index is 941. The van der Waals surface area contributed by atoms with Crippen molar-refractivity contribution in [1.29, 1.82) is 0 Å². The average molecular weight is 419 g/mol. The summed E-state index contributed by atoms with van der Waals surface area (Å²) in [5, 5.41) is 1.56. The average Bonchev–Trinajstić information content (AvgIpc) is 3.11. The maximum Gasteiger partial charge on any atom is 0.243 e. The summed E-state index contributed by atoms with van der Waals surface area (Å²) in [5.41, 5.74) is 0. The van der Waals surface area contributed by atoms with Crippen molar-refractivity contribution in [2.24, 2.45) is 0 Å². The molecular formula is C22H30N2O4S. The van der Waals surface area contributed by atoms with Crippen LogP contribution in [0.15, 0.2) is 41.3 Å². The van der Waals surface area contributed by atoms with E-state index in [1.807, 2.05) is 31.2 Å². The summed E-state index contributed by atoms with van der Waals surface area (Å²) in [7, 11) is -3.57. The quantitative estimate of drug-likeness (QED) is 0.721. The van der Waals surface area contributed by atoms with Crippen LogP contribution in [0.4, 0.5) is 0 Å². The molecule has 29 heavy (non-hydrogen) atoms. The number of fused-ring (bicyclic) bond motifs is 1. The van der Waals surface area contributed by atoms with E-state index < -0.39 is 10.0 Å². The van der Waals surface area contributed by atoms with Gasteiger partial charge in [-0.2, -0.15) is 4.31 Å². The Morgan fingerprint density at radius 3 is 2.62 bits per heavy atom. The Labute approximate surface area is 173 Å². The van der Waals surface area contributed by atoms with E-state index in [1.54, 1.807) is 16.4 Å². The zero-order valence-corrected chi connectivity index (χ0v) is 17.9. The summed E-state index contributed by atoms with van der Waals surface area (Å²) >= 11 is 0. The fraction of sp³-hybridized carbons (Fsp3) is 0.545. The van der Waals surface area contributed by atoms with Gasteiger partial charge in [-0.05, 0) is 44.9 Å². The first-order valence-electron chi connectivity index (χ1n) is 10.6. The second kappa shape index (κ2) is 9.00. The van der Waals surface area contributed by atoms with Crippen molar-refractivity contribution in [2.45, 2.75) is 37.2 Å². The maximum absolute atomic E-state index is 13.5. The Balaban J connectivity index is 1.56. The van der Waals surface area contributed by atoms with E-state index in [4.69, 9.17) is 9.47 Å². The second-order valence-corrected chi connectivity index (χ2v) is 9.64. The SMILES string of the molecule is CCOc1ccc(S(=O)(=O)N2CCCN(C[C@@H]3CCCO3)CC2)c2ccccc12. The summed E-state index contributed by atoms with van der Waals surface area (Å²) in [6.07, 6.45) is 3.37. The predicted octanol–water partition coefficient (Wildman–Crippen LogP) is 3.11. The molecule has 2 aromatic rings. The molecule has 0 unspecified atom stereocenters. The number of nitrogens with zero attached hydrogens (tertiary/aromatic N) is 2. The summed E-state index contributed by atoms with van der Waals surface area (Å²) in [5.74, 6) is 0.723. The first kappa shape index (κ1) is 20.6. The summed E-state index contributed by atoms with van der Waals surface area (Å²) < 4.78 is 40.1. The van der Waals surface area contributed by atoms with Crippen LogP contribution in [0.5, 0.6) is 5.75 Å². The fourth-order valence-electron chi connectivity index (χ4n) is 4.34. The van der Waals surface area contributed by atoms with Crippen LogP contribution < -0.4 is 4.74 Å². The van der Waals surface area contributed by atoms with E-state index in [-0.39, 0.29) is 0 Å². The van der Waals surface area contributed by atoms with E-state index in [0.29, 0.717) is 30.7 Å². The molecule has 2 aliphatic rings. The van der Waals surface area contributed by atoms with Gasteiger partial charge in [0.15, 0.2) is 0 Å². The van der Waals surface area contributed by atoms with Crippen molar-refractivity contribution in [3.05, 3.63) is 36.4 Å². The Morgan fingerprint density at radius 2 is 1.86 bits per heavy atom. The maximum atomic E-state index is 13.5. The molecule has 0 spiro atoms. The normalized spacial score (nSPS) is 22.0. The molecule has 4 rings (SSSR count). The van der Waals surface area contributed by atoms with E-state index in [0.717, 1.165) is 62.0 Å². The lowest BCUT2D eigenvalue weighted by Crippen LogP contribution is -2.37. The van der Waals surface area contributed by atoms with Gasteiger partial charge in [-0.15, -0.1) is 0 Å². The highest BCUT2D eigenvalue weighted by Gasteiger charge is 2.30. The molecule has 2 heterocycles. The first-order chi connectivity index (χ1) is 14.1. The lowest BCUT2D eigenvalue weighted by atomic mass is 10.1. The van der Waals surface area contributed by atoms with Gasteiger partial charge in [-0.3, -0.25) is 4.90 Å². The van der Waals surface area contributed by atoms with Crippen molar-refractivity contribution >= 4 is 20.8 Å². The fourth-order valence-corrected chi connectivity index (χ4v) is 6.00. The van der Waals surface area contributed by atoms with Crippen LogP contribution >= 0.6 is 0 Å². The minimum absolute atomic E-state index is 0.299. The standard InChI is InChI=1S/C22H30N2O4S/c1-2-27-21-10-11-22(20-9-4-3-8-19(20)21)29(25,26)24-13-6-12-23(14-15-24)17-18-7-5-16-28-18/h3-4,8-11,18H,2,5-7,12-17H2,1H3/t18-/m0/s1. The van der Waals surface area contributed by atoms with Gasteiger partial charge in [0.25, 0.3) is 0 Å². The molecule has 0 N–H and O–H groups in total. The van der Waals surface area contributed by atoms with Crippen LogP contribution in [0.1, 0.15) is 26.2 Å². The van der Waals surface area contributed by atoms with Crippen LogP contribution in [0.2, 0.25) is 0 Å². The van der Waals surface area contributed by atoms with E-state index in [2.05, 4.69) is 4.90 Å². The highest BCUT2D eigenvalue weighted by Crippen LogP contribution is 2.33. The molecule has 2 fully saturated rings. The lowest BCUT2D eigenvalue weighted by molar-refractivity contribution is 0.0749. The Kier molecular flexibility index (Phi) is 6.39. The van der Waals surface area contributed by atoms with Crippen LogP contribution in [0.3, 0.4) is 0 Å². The van der Waals surface area contributed by atoms with Gasteiger partial charge in [0, 0.05) is 43.6 Å². The number of hydrogen-bond donors (Lipinski definition) is 0. The number of rotatable bonds is 6. The van der Waals surface area contributed by atoms with Gasteiger partial charge in [0.05, 0.1) is 17.6 Å². The van der Waals surface area contributed by atoms with Crippen LogP contribution in [-0.2, 0) is 14.8 Å². The van der Waals surface area contributed by atoms with E-state index >= 15 is 0 Å². The molecule has 0 radical (unpaired) electrons. The summed E-state index contributed by atoms with van der Waals surface area (Å²) in [4.78, 5) is 2.71. The third-order valence-corrected chi connectivity index (χ3v) is 7.75. The smallest absolute Gasteiger partial charge is 0.243 e. The van der Waals surface area contributed by atoms with E-state index in [1.165, 1.54) is 0 Å². The Hall–Kier alpha value is -1.67. The minimum atomic E-state index is -3.57. The van der Waals surface area contributed by atoms with Crippen molar-refractivity contribution in [1.82, 2.24) is 9.21 Å². The Morgan fingerprint density at radius 1 is 1.03 bits per heavy atom. The van der Waals surface area contributed by atoms with Gasteiger partial charge < -0.3 is 9.47 Å². The van der Waals surface area contributed by atoms with E-state index in [9.17, 15) is 8.42 Å². The predicted molar refractivity (Wildman–Crippen MR) is 114 cm³/mol. The molecule has 2 aromatic carbocycles. The molecule has 0 saturated carbocycles. The minimum Gasteiger partial charge on any atom is -0.493 e. The molecule has 6 nitrogen and oxygen atoms in total. The molecule has 0 aromatic heterocycles. The molecule has 1 atom stereocenters. The second-order valence-electron chi connectivity index (χ2n) is 7.73. The van der Waals surface area contributed by atoms with Crippen molar-refractivity contribution in [2.75, 3.05) is 45.9 Å². The third kappa shape index (κ3) is 4.43. The number of sulfonamides is 1. The number of hydrogen-bond acceptors (Lipinski definition) is 5. The lowest BCUT2D eigenvalue weighted by Gasteiger charge is -2.24. The molecule has 0 bridgehead atoms. The molecule has 0 amide bonds. The van der Waals surface area contributed by atoms with Crippen LogP contribution in [-0.4, -0.2) is 69.7 Å². The first-order valence-corrected chi connectivity index (χ1v) is 12.0. The topological polar surface area (TPSA) is 59.1 Å². The van der Waals surface area contributed by atoms with Gasteiger partial charge in [-0.1, -0.05) is 24.3 Å². The molecular weight excluding hydrogens is 388 g/mol. The van der Waals surface area contributed by atoms with Crippen LogP contribution in [0, 0.1) is 0 Å². The molecule has 7 heteroatoms. The van der Waals surface area contributed by atoms with Crippen molar-refractivity contribution < 1.29 is 17.9 Å². The monoisotopic (exact) mass is 418 g/mol.